The first-order chi connectivity index (χ1) is 9.29. The van der Waals surface area contributed by atoms with Crippen molar-refractivity contribution in [3.8, 4) is 5.75 Å². The number of hydrogen-bond donors (Lipinski definition) is 2. The predicted molar refractivity (Wildman–Crippen MR) is 77.2 cm³/mol. The average Bonchev–Trinajstić information content (AvgIpc) is 2.48. The van der Waals surface area contributed by atoms with Gasteiger partial charge in [-0.15, -0.1) is 0 Å². The van der Waals surface area contributed by atoms with Gasteiger partial charge in [0.2, 0.25) is 0 Å². The van der Waals surface area contributed by atoms with Crippen molar-refractivity contribution in [3.63, 3.8) is 0 Å². The van der Waals surface area contributed by atoms with Gasteiger partial charge in [-0.05, 0) is 31.4 Å². The Morgan fingerprint density at radius 2 is 1.89 bits per heavy atom. The molecule has 19 heavy (non-hydrogen) atoms. The first-order valence-electron chi connectivity index (χ1n) is 7.45. The molecule has 2 unspecified atom stereocenters. The van der Waals surface area contributed by atoms with Crippen LogP contribution in [0.1, 0.15) is 45.4 Å². The highest BCUT2D eigenvalue weighted by atomic mass is 16.5. The van der Waals surface area contributed by atoms with Crippen molar-refractivity contribution < 1.29 is 9.84 Å². The zero-order valence-corrected chi connectivity index (χ0v) is 11.7. The second-order valence-electron chi connectivity index (χ2n) is 5.33. The summed E-state index contributed by atoms with van der Waals surface area (Å²) in [6.45, 7) is 1.98. The fourth-order valence-electron chi connectivity index (χ4n) is 2.58. The van der Waals surface area contributed by atoms with Gasteiger partial charge in [0.1, 0.15) is 11.9 Å². The van der Waals surface area contributed by atoms with Gasteiger partial charge in [-0.25, -0.2) is 0 Å². The largest absolute Gasteiger partial charge is 0.473 e. The molecule has 1 aliphatic carbocycles. The summed E-state index contributed by atoms with van der Waals surface area (Å²) >= 11 is 0. The Morgan fingerprint density at radius 1 is 1.21 bits per heavy atom. The van der Waals surface area contributed by atoms with Crippen LogP contribution in [0.2, 0.25) is 0 Å². The van der Waals surface area contributed by atoms with Crippen LogP contribution < -0.4 is 10.1 Å². The molecule has 2 N–H and O–H groups in total. The quantitative estimate of drug-likeness (QED) is 0.775. The second kappa shape index (κ2) is 7.51. The molecule has 1 saturated carbocycles. The van der Waals surface area contributed by atoms with E-state index in [-0.39, 0.29) is 6.23 Å². The van der Waals surface area contributed by atoms with Gasteiger partial charge in [0.15, 0.2) is 6.23 Å². The highest BCUT2D eigenvalue weighted by Gasteiger charge is 2.24. The van der Waals surface area contributed by atoms with Crippen molar-refractivity contribution in [1.82, 2.24) is 5.32 Å². The molecule has 1 aliphatic rings. The van der Waals surface area contributed by atoms with Crippen molar-refractivity contribution in [2.45, 2.75) is 63.8 Å². The van der Waals surface area contributed by atoms with Crippen molar-refractivity contribution in [1.29, 1.82) is 0 Å². The third-order valence-corrected chi connectivity index (χ3v) is 3.78. The highest BCUT2D eigenvalue weighted by molar-refractivity contribution is 5.21. The lowest BCUT2D eigenvalue weighted by Crippen LogP contribution is -2.49. The van der Waals surface area contributed by atoms with E-state index in [0.29, 0.717) is 12.5 Å². The Kier molecular flexibility index (Phi) is 5.67. The Morgan fingerprint density at radius 3 is 2.53 bits per heavy atom. The molecule has 3 heteroatoms. The zero-order valence-electron chi connectivity index (χ0n) is 11.7. The predicted octanol–water partition coefficient (Wildman–Crippen LogP) is 3.08. The lowest BCUT2D eigenvalue weighted by atomic mass is 9.95. The molecule has 0 amide bonds. The van der Waals surface area contributed by atoms with Crippen LogP contribution in [0.3, 0.4) is 0 Å². The minimum absolute atomic E-state index is 0.310. The maximum absolute atomic E-state index is 10.1. The molecule has 0 radical (unpaired) electrons. The topological polar surface area (TPSA) is 41.5 Å². The molecule has 0 bridgehead atoms. The number of nitrogens with one attached hydrogen (secondary N) is 1. The summed E-state index contributed by atoms with van der Waals surface area (Å²) in [7, 11) is 0. The molecule has 0 aromatic heterocycles. The molecule has 2 rings (SSSR count). The van der Waals surface area contributed by atoms with Gasteiger partial charge in [0, 0.05) is 6.04 Å². The van der Waals surface area contributed by atoms with E-state index in [1.54, 1.807) is 0 Å². The molecule has 2 atom stereocenters. The van der Waals surface area contributed by atoms with Crippen LogP contribution in [0.4, 0.5) is 0 Å². The fraction of sp³-hybridized carbons (Fsp3) is 0.625. The Bertz CT molecular complexity index is 349. The lowest BCUT2D eigenvalue weighted by molar-refractivity contribution is 0.00353. The van der Waals surface area contributed by atoms with Crippen LogP contribution in [0.5, 0.6) is 5.75 Å². The van der Waals surface area contributed by atoms with Crippen molar-refractivity contribution >= 4 is 0 Å². The normalized spacial score (nSPS) is 19.9. The van der Waals surface area contributed by atoms with Crippen LogP contribution in [0.25, 0.3) is 0 Å². The van der Waals surface area contributed by atoms with Crippen LogP contribution in [0.15, 0.2) is 30.3 Å². The van der Waals surface area contributed by atoms with Crippen molar-refractivity contribution in [2.24, 2.45) is 0 Å². The van der Waals surface area contributed by atoms with Gasteiger partial charge in [-0.2, -0.15) is 0 Å². The maximum Gasteiger partial charge on any atom is 0.176 e. The molecule has 0 spiro atoms. The number of aliphatic hydroxyl groups excluding tert-OH is 1. The maximum atomic E-state index is 10.1. The SMILES string of the molecule is CCC(O)C(NC1CCCCC1)Oc1ccccc1. The molecule has 1 aromatic rings. The minimum Gasteiger partial charge on any atom is -0.473 e. The Labute approximate surface area is 116 Å². The summed E-state index contributed by atoms with van der Waals surface area (Å²) in [5.41, 5.74) is 0. The average molecular weight is 263 g/mol. The lowest BCUT2D eigenvalue weighted by Gasteiger charge is -2.31. The van der Waals surface area contributed by atoms with Gasteiger partial charge < -0.3 is 9.84 Å². The molecule has 0 heterocycles. The molecular formula is C16H25NO2. The molecule has 0 saturated heterocycles. The Hall–Kier alpha value is -1.06. The van der Waals surface area contributed by atoms with E-state index in [1.165, 1.54) is 32.1 Å². The molecule has 106 valence electrons. The van der Waals surface area contributed by atoms with E-state index in [4.69, 9.17) is 4.74 Å². The molecule has 1 aromatic carbocycles. The number of hydrogen-bond acceptors (Lipinski definition) is 3. The molecule has 3 nitrogen and oxygen atoms in total. The third kappa shape index (κ3) is 4.51. The summed E-state index contributed by atoms with van der Waals surface area (Å²) in [6.07, 6.45) is 6.17. The fourth-order valence-corrected chi connectivity index (χ4v) is 2.58. The van der Waals surface area contributed by atoms with Gasteiger partial charge >= 0.3 is 0 Å². The monoisotopic (exact) mass is 263 g/mol. The number of benzene rings is 1. The van der Waals surface area contributed by atoms with Crippen LogP contribution in [-0.4, -0.2) is 23.5 Å². The summed E-state index contributed by atoms with van der Waals surface area (Å²) in [5.74, 6) is 0.809. The van der Waals surface area contributed by atoms with E-state index < -0.39 is 6.10 Å². The molecule has 1 fully saturated rings. The van der Waals surface area contributed by atoms with Crippen LogP contribution >= 0.6 is 0 Å². The number of ether oxygens (including phenoxy) is 1. The van der Waals surface area contributed by atoms with Gasteiger partial charge in [-0.3, -0.25) is 5.32 Å². The summed E-state index contributed by atoms with van der Waals surface area (Å²) < 4.78 is 5.91. The van der Waals surface area contributed by atoms with Crippen molar-refractivity contribution in [3.05, 3.63) is 30.3 Å². The summed E-state index contributed by atoms with van der Waals surface area (Å²) in [4.78, 5) is 0. The van der Waals surface area contributed by atoms with E-state index in [1.807, 2.05) is 37.3 Å². The van der Waals surface area contributed by atoms with Gasteiger partial charge in [-0.1, -0.05) is 44.4 Å². The number of para-hydroxylation sites is 1. The standard InChI is InChI=1S/C16H25NO2/c1-2-15(18)16(17-13-9-5-3-6-10-13)19-14-11-7-4-8-12-14/h4,7-8,11-13,15-18H,2-3,5-6,9-10H2,1H3. The first kappa shape index (κ1) is 14.4. The first-order valence-corrected chi connectivity index (χ1v) is 7.45. The van der Waals surface area contributed by atoms with Gasteiger partial charge in [0.05, 0.1) is 0 Å². The molecular weight excluding hydrogens is 238 g/mol. The van der Waals surface area contributed by atoms with E-state index in [2.05, 4.69) is 5.32 Å². The second-order valence-corrected chi connectivity index (χ2v) is 5.33. The van der Waals surface area contributed by atoms with Gasteiger partial charge in [0.25, 0.3) is 0 Å². The van der Waals surface area contributed by atoms with E-state index in [9.17, 15) is 5.11 Å². The number of rotatable bonds is 6. The highest BCUT2D eigenvalue weighted by Crippen LogP contribution is 2.20. The number of aliphatic hydroxyl groups is 1. The smallest absolute Gasteiger partial charge is 0.176 e. The summed E-state index contributed by atoms with van der Waals surface area (Å²) in [5, 5.41) is 13.6. The third-order valence-electron chi connectivity index (χ3n) is 3.78. The Balaban J connectivity index is 1.95. The molecule has 0 aliphatic heterocycles. The van der Waals surface area contributed by atoms with E-state index in [0.717, 1.165) is 5.75 Å². The van der Waals surface area contributed by atoms with E-state index >= 15 is 0 Å². The van der Waals surface area contributed by atoms with Crippen molar-refractivity contribution in [2.75, 3.05) is 0 Å². The van der Waals surface area contributed by atoms with Crippen LogP contribution in [-0.2, 0) is 0 Å². The minimum atomic E-state index is -0.470. The summed E-state index contributed by atoms with van der Waals surface area (Å²) in [6, 6.07) is 10.2. The zero-order chi connectivity index (χ0) is 13.5. The van der Waals surface area contributed by atoms with Crippen LogP contribution in [0, 0.1) is 0 Å².